The topological polar surface area (TPSA) is 49.4 Å². The van der Waals surface area contributed by atoms with Gasteiger partial charge in [0.05, 0.1) is 10.6 Å². The molecule has 0 saturated heterocycles. The molecule has 4 nitrogen and oxygen atoms in total. The van der Waals surface area contributed by atoms with Crippen molar-refractivity contribution in [1.82, 2.24) is 5.32 Å². The minimum absolute atomic E-state index is 0.180. The predicted octanol–water partition coefficient (Wildman–Crippen LogP) is 3.70. The molecule has 2 amide bonds. The smallest absolute Gasteiger partial charge is 0.260 e. The van der Waals surface area contributed by atoms with Crippen LogP contribution in [0.25, 0.3) is 0 Å². The van der Waals surface area contributed by atoms with Crippen LogP contribution in [0.5, 0.6) is 0 Å². The van der Waals surface area contributed by atoms with Gasteiger partial charge in [-0.05, 0) is 36.8 Å². The zero-order chi connectivity index (χ0) is 17.3. The van der Waals surface area contributed by atoms with E-state index in [0.29, 0.717) is 23.0 Å². The maximum absolute atomic E-state index is 13.1. The number of hydrogen-bond donors (Lipinski definition) is 1. The number of carbonyl (C=O) groups is 2. The number of nitrogens with one attached hydrogen (secondary N) is 1. The molecular formula is C18H16Cl2N2O2. The van der Waals surface area contributed by atoms with E-state index in [4.69, 9.17) is 23.2 Å². The van der Waals surface area contributed by atoms with E-state index >= 15 is 0 Å². The van der Waals surface area contributed by atoms with E-state index in [-0.39, 0.29) is 17.4 Å². The lowest BCUT2D eigenvalue weighted by Crippen LogP contribution is -2.48. The van der Waals surface area contributed by atoms with E-state index < -0.39 is 6.04 Å². The van der Waals surface area contributed by atoms with Gasteiger partial charge in [-0.2, -0.15) is 0 Å². The molecule has 0 fully saturated rings. The number of likely N-dealkylation sites (N-methyl/N-ethyl adjacent to an activating group) is 1. The van der Waals surface area contributed by atoms with Crippen molar-refractivity contribution in [2.24, 2.45) is 0 Å². The third-order valence-electron chi connectivity index (χ3n) is 4.01. The fourth-order valence-corrected chi connectivity index (χ4v) is 3.30. The zero-order valence-corrected chi connectivity index (χ0v) is 14.6. The van der Waals surface area contributed by atoms with Crippen LogP contribution in [0.1, 0.15) is 22.8 Å². The molecule has 0 aliphatic carbocycles. The minimum atomic E-state index is -0.593. The number of anilines is 1. The van der Waals surface area contributed by atoms with Gasteiger partial charge in [0.1, 0.15) is 6.04 Å². The van der Waals surface area contributed by atoms with Crippen LogP contribution in [0.3, 0.4) is 0 Å². The number of hydrogen-bond acceptors (Lipinski definition) is 2. The van der Waals surface area contributed by atoms with Crippen LogP contribution in [0, 0.1) is 0 Å². The van der Waals surface area contributed by atoms with E-state index in [1.807, 2.05) is 31.2 Å². The fourth-order valence-electron chi connectivity index (χ4n) is 2.93. The van der Waals surface area contributed by atoms with Gasteiger partial charge in [0.15, 0.2) is 0 Å². The third kappa shape index (κ3) is 2.99. The number of carbonyl (C=O) groups excluding carboxylic acids is 2. The van der Waals surface area contributed by atoms with Crippen molar-refractivity contribution in [3.05, 3.63) is 63.6 Å². The Morgan fingerprint density at radius 2 is 1.96 bits per heavy atom. The Balaban J connectivity index is 2.05. The number of nitrogens with zero attached hydrogens (tertiary/aromatic N) is 1. The molecule has 6 heteroatoms. The predicted molar refractivity (Wildman–Crippen MR) is 95.9 cm³/mol. The molecule has 1 N–H and O–H groups in total. The summed E-state index contributed by atoms with van der Waals surface area (Å²) in [5, 5.41) is 3.52. The quantitative estimate of drug-likeness (QED) is 0.904. The molecule has 2 aromatic carbocycles. The van der Waals surface area contributed by atoms with E-state index in [2.05, 4.69) is 5.32 Å². The number of halogens is 2. The minimum Gasteiger partial charge on any atom is -0.355 e. The molecule has 124 valence electrons. The van der Waals surface area contributed by atoms with Crippen LogP contribution in [-0.2, 0) is 11.2 Å². The van der Waals surface area contributed by atoms with E-state index in [9.17, 15) is 9.59 Å². The van der Waals surface area contributed by atoms with E-state index in [0.717, 1.165) is 11.3 Å². The number of rotatable bonds is 3. The maximum atomic E-state index is 13.1. The molecular weight excluding hydrogens is 347 g/mol. The van der Waals surface area contributed by atoms with E-state index in [1.54, 1.807) is 12.1 Å². The average molecular weight is 363 g/mol. The van der Waals surface area contributed by atoms with Gasteiger partial charge >= 0.3 is 0 Å². The lowest BCUT2D eigenvalue weighted by molar-refractivity contribution is -0.122. The number of para-hydroxylation sites is 1. The Labute approximate surface area is 150 Å². The molecule has 0 bridgehead atoms. The highest BCUT2D eigenvalue weighted by molar-refractivity contribution is 6.36. The van der Waals surface area contributed by atoms with Crippen molar-refractivity contribution < 1.29 is 9.59 Å². The Morgan fingerprint density at radius 1 is 1.21 bits per heavy atom. The highest BCUT2D eigenvalue weighted by Gasteiger charge is 2.38. The number of amides is 2. The van der Waals surface area contributed by atoms with Gasteiger partial charge in [-0.15, -0.1) is 0 Å². The highest BCUT2D eigenvalue weighted by atomic mass is 35.5. The molecule has 3 rings (SSSR count). The molecule has 2 aromatic rings. The molecule has 0 spiro atoms. The molecule has 1 heterocycles. The van der Waals surface area contributed by atoms with Crippen molar-refractivity contribution in [2.45, 2.75) is 19.4 Å². The van der Waals surface area contributed by atoms with Gasteiger partial charge in [-0.25, -0.2) is 0 Å². The maximum Gasteiger partial charge on any atom is 0.260 e. The van der Waals surface area contributed by atoms with Crippen molar-refractivity contribution in [1.29, 1.82) is 0 Å². The van der Waals surface area contributed by atoms with Gasteiger partial charge in [-0.1, -0.05) is 41.4 Å². The van der Waals surface area contributed by atoms with Crippen molar-refractivity contribution >= 4 is 40.7 Å². The second kappa shape index (κ2) is 6.83. The summed E-state index contributed by atoms with van der Waals surface area (Å²) in [5.41, 5.74) is 1.98. The van der Waals surface area contributed by atoms with Crippen molar-refractivity contribution in [2.75, 3.05) is 11.4 Å². The summed E-state index contributed by atoms with van der Waals surface area (Å²) in [4.78, 5) is 27.1. The normalized spacial score (nSPS) is 16.0. The summed E-state index contributed by atoms with van der Waals surface area (Å²) in [6.07, 6.45) is 0.478. The summed E-state index contributed by atoms with van der Waals surface area (Å²) in [6.45, 7) is 2.35. The fraction of sp³-hybridized carbons (Fsp3) is 0.222. The first-order chi connectivity index (χ1) is 11.5. The average Bonchev–Trinajstić information content (AvgIpc) is 2.96. The third-order valence-corrected chi connectivity index (χ3v) is 4.57. The zero-order valence-electron chi connectivity index (χ0n) is 13.1. The Hall–Kier alpha value is -2.04. The van der Waals surface area contributed by atoms with Gasteiger partial charge in [0, 0.05) is 23.7 Å². The van der Waals surface area contributed by atoms with Crippen LogP contribution in [0.2, 0.25) is 10.0 Å². The molecule has 0 saturated carbocycles. The summed E-state index contributed by atoms with van der Waals surface area (Å²) in [5.74, 6) is -0.510. The van der Waals surface area contributed by atoms with Gasteiger partial charge in [0.25, 0.3) is 5.91 Å². The van der Waals surface area contributed by atoms with Crippen LogP contribution in [0.15, 0.2) is 42.5 Å². The summed E-state index contributed by atoms with van der Waals surface area (Å²) < 4.78 is 0. The molecule has 1 unspecified atom stereocenters. The largest absolute Gasteiger partial charge is 0.355 e. The van der Waals surface area contributed by atoms with Crippen molar-refractivity contribution in [3.8, 4) is 0 Å². The molecule has 1 aliphatic rings. The molecule has 1 atom stereocenters. The Bertz CT molecular complexity index is 807. The molecule has 0 aromatic heterocycles. The Morgan fingerprint density at radius 3 is 2.71 bits per heavy atom. The summed E-state index contributed by atoms with van der Waals surface area (Å²) >= 11 is 12.2. The lowest BCUT2D eigenvalue weighted by atomic mass is 10.1. The van der Waals surface area contributed by atoms with Gasteiger partial charge < -0.3 is 5.32 Å². The van der Waals surface area contributed by atoms with E-state index in [1.165, 1.54) is 11.0 Å². The number of benzene rings is 2. The SMILES string of the molecule is CCNC(=O)C1Cc2ccccc2N1C(=O)c1cc(Cl)ccc1Cl. The van der Waals surface area contributed by atoms with Gasteiger partial charge in [-0.3, -0.25) is 14.5 Å². The summed E-state index contributed by atoms with van der Waals surface area (Å²) in [7, 11) is 0. The monoisotopic (exact) mass is 362 g/mol. The second-order valence-corrected chi connectivity index (χ2v) is 6.39. The second-order valence-electron chi connectivity index (χ2n) is 5.54. The molecule has 0 radical (unpaired) electrons. The molecule has 1 aliphatic heterocycles. The van der Waals surface area contributed by atoms with Crippen molar-refractivity contribution in [3.63, 3.8) is 0 Å². The summed E-state index contributed by atoms with van der Waals surface area (Å²) in [6, 6.07) is 11.7. The first kappa shape index (κ1) is 16.8. The van der Waals surface area contributed by atoms with Crippen LogP contribution in [0.4, 0.5) is 5.69 Å². The number of fused-ring (bicyclic) bond motifs is 1. The molecule has 24 heavy (non-hydrogen) atoms. The van der Waals surface area contributed by atoms with Crippen LogP contribution < -0.4 is 10.2 Å². The lowest BCUT2D eigenvalue weighted by Gasteiger charge is -2.25. The standard InChI is InChI=1S/C18H16Cl2N2O2/c1-2-21-17(23)16-9-11-5-3-4-6-15(11)22(16)18(24)13-10-12(19)7-8-14(13)20/h3-8,10,16H,2,9H2,1H3,(H,21,23). The first-order valence-electron chi connectivity index (χ1n) is 7.67. The highest BCUT2D eigenvalue weighted by Crippen LogP contribution is 2.35. The van der Waals surface area contributed by atoms with Crippen LogP contribution in [-0.4, -0.2) is 24.4 Å². The first-order valence-corrected chi connectivity index (χ1v) is 8.42. The van der Waals surface area contributed by atoms with Gasteiger partial charge in [0.2, 0.25) is 5.91 Å². The van der Waals surface area contributed by atoms with Crippen LogP contribution >= 0.6 is 23.2 Å². The Kier molecular flexibility index (Phi) is 4.78.